The van der Waals surface area contributed by atoms with E-state index in [9.17, 15) is 19.2 Å². The summed E-state index contributed by atoms with van der Waals surface area (Å²) in [7, 11) is 0. The topological polar surface area (TPSA) is 181 Å². The molecule has 0 aromatic heterocycles. The van der Waals surface area contributed by atoms with Crippen molar-refractivity contribution in [3.8, 4) is 23.0 Å². The average molecular weight is 1180 g/mol. The molecule has 15 heteroatoms. The molecule has 0 spiro atoms. The van der Waals surface area contributed by atoms with Crippen molar-refractivity contribution in [1.29, 1.82) is 0 Å². The lowest BCUT2D eigenvalue weighted by atomic mass is 9.67. The molecule has 8 aromatic rings. The minimum atomic E-state index is -0.747. The predicted molar refractivity (Wildman–Crippen MR) is 336 cm³/mol. The third-order valence-electron chi connectivity index (χ3n) is 14.6. The SMILES string of the molecule is O=C(CNC(=O)CC(c1ccccc1)(c1ccccc1)c1ccccc1)NCCCOc1ccc(OCCOCCOCCOCCOc2ccc(OCCCNC(=O)CNC(=O)CC(c3ccccc3)(c3ccccc3)c3ccccc3)cc2)cc1. The Bertz CT molecular complexity index is 2840. The molecule has 0 fully saturated rings. The number of hydrogen-bond acceptors (Lipinski definition) is 11. The molecule has 452 valence electrons. The van der Waals surface area contributed by atoms with Gasteiger partial charge in [-0.15, -0.1) is 0 Å². The normalized spacial score (nSPS) is 11.2. The quantitative estimate of drug-likeness (QED) is 0.0214. The van der Waals surface area contributed by atoms with E-state index in [4.69, 9.17) is 33.2 Å². The number of hydrogen-bond donors (Lipinski definition) is 4. The number of ether oxygens (including phenoxy) is 7. The van der Waals surface area contributed by atoms with Crippen molar-refractivity contribution in [1.82, 2.24) is 21.3 Å². The van der Waals surface area contributed by atoms with Crippen LogP contribution in [0.4, 0.5) is 0 Å². The molecule has 4 N–H and O–H groups in total. The molecule has 0 heterocycles. The fourth-order valence-electron chi connectivity index (χ4n) is 10.3. The summed E-state index contributed by atoms with van der Waals surface area (Å²) in [5.74, 6) is 1.75. The van der Waals surface area contributed by atoms with Gasteiger partial charge in [0.2, 0.25) is 23.6 Å². The van der Waals surface area contributed by atoms with E-state index in [1.807, 2.05) is 231 Å². The van der Waals surface area contributed by atoms with Gasteiger partial charge < -0.3 is 54.4 Å². The van der Waals surface area contributed by atoms with Crippen LogP contribution in [-0.2, 0) is 44.2 Å². The van der Waals surface area contributed by atoms with Crippen molar-refractivity contribution in [3.05, 3.63) is 264 Å². The molecule has 8 rings (SSSR count). The highest BCUT2D eigenvalue weighted by molar-refractivity contribution is 5.87. The summed E-state index contributed by atoms with van der Waals surface area (Å²) in [6.07, 6.45) is 1.43. The second kappa shape index (κ2) is 35.2. The Labute approximate surface area is 510 Å². The van der Waals surface area contributed by atoms with Crippen molar-refractivity contribution in [2.24, 2.45) is 0 Å². The number of amides is 4. The summed E-state index contributed by atoms with van der Waals surface area (Å²) in [6.45, 7) is 4.60. The van der Waals surface area contributed by atoms with Crippen molar-refractivity contribution >= 4 is 23.6 Å². The van der Waals surface area contributed by atoms with Gasteiger partial charge in [-0.1, -0.05) is 182 Å². The van der Waals surface area contributed by atoms with E-state index in [1.165, 1.54) is 0 Å². The summed E-state index contributed by atoms with van der Waals surface area (Å²) < 4.78 is 40.3. The third-order valence-corrected chi connectivity index (χ3v) is 14.6. The lowest BCUT2D eigenvalue weighted by Crippen LogP contribution is -2.41. The van der Waals surface area contributed by atoms with E-state index in [0.717, 1.165) is 33.4 Å². The van der Waals surface area contributed by atoms with Crippen LogP contribution < -0.4 is 40.2 Å². The molecule has 0 atom stereocenters. The van der Waals surface area contributed by atoms with Gasteiger partial charge in [-0.05, 0) is 94.8 Å². The Balaban J connectivity index is 0.594. The number of nitrogens with one attached hydrogen (secondary N) is 4. The molecule has 87 heavy (non-hydrogen) atoms. The highest BCUT2D eigenvalue weighted by Gasteiger charge is 2.40. The smallest absolute Gasteiger partial charge is 0.239 e. The number of benzene rings is 8. The Hall–Kier alpha value is -9.28. The minimum absolute atomic E-state index is 0.129. The first-order valence-electron chi connectivity index (χ1n) is 29.7. The highest BCUT2D eigenvalue weighted by Crippen LogP contribution is 2.43. The van der Waals surface area contributed by atoms with Gasteiger partial charge in [0.15, 0.2) is 0 Å². The van der Waals surface area contributed by atoms with Crippen LogP contribution in [0.15, 0.2) is 231 Å². The standard InChI is InChI=1S/C72H78N4O11/c77-67(53-71(57-21-7-1-8-22-57,58-23-9-2-10-24-58)59-25-11-3-12-26-59)75-55-69(79)73-41-19-43-84-63-33-37-65(38-34-63)86-51-49-82-47-45-81-46-48-83-50-52-87-66-39-35-64(36-40-66)85-44-20-42-74-70(80)56-76-68(78)54-72(60-27-13-4-14-28-60,61-29-15-5-16-30-61)62-31-17-6-18-32-62/h1-18,21-40H,19-20,41-56H2,(H,73,79)(H,74,80)(H,75,77)(H,76,78). The molecular weight excluding hydrogens is 1100 g/mol. The van der Waals surface area contributed by atoms with Gasteiger partial charge in [0.25, 0.3) is 0 Å². The van der Waals surface area contributed by atoms with Crippen LogP contribution in [0.25, 0.3) is 0 Å². The van der Waals surface area contributed by atoms with Gasteiger partial charge in [0.1, 0.15) is 36.2 Å². The maximum Gasteiger partial charge on any atom is 0.239 e. The lowest BCUT2D eigenvalue weighted by molar-refractivity contribution is -0.126. The molecule has 15 nitrogen and oxygen atoms in total. The molecule has 0 radical (unpaired) electrons. The summed E-state index contributed by atoms with van der Waals surface area (Å²) in [6, 6.07) is 74.7. The van der Waals surface area contributed by atoms with Gasteiger partial charge in [-0.25, -0.2) is 0 Å². The van der Waals surface area contributed by atoms with Crippen LogP contribution in [0.5, 0.6) is 23.0 Å². The monoisotopic (exact) mass is 1170 g/mol. The second-order valence-corrected chi connectivity index (χ2v) is 20.5. The van der Waals surface area contributed by atoms with E-state index in [0.29, 0.717) is 115 Å². The van der Waals surface area contributed by atoms with E-state index < -0.39 is 10.8 Å². The molecule has 0 unspecified atom stereocenters. The fourth-order valence-corrected chi connectivity index (χ4v) is 10.3. The number of carbonyl (C=O) groups is 4. The zero-order valence-corrected chi connectivity index (χ0v) is 49.2. The first-order chi connectivity index (χ1) is 42.8. The zero-order chi connectivity index (χ0) is 60.5. The molecule has 0 aliphatic heterocycles. The predicted octanol–water partition coefficient (Wildman–Crippen LogP) is 10.0. The van der Waals surface area contributed by atoms with Crippen LogP contribution in [0, 0.1) is 0 Å². The van der Waals surface area contributed by atoms with Gasteiger partial charge in [-0.3, -0.25) is 19.2 Å². The van der Waals surface area contributed by atoms with E-state index in [-0.39, 0.29) is 49.6 Å². The van der Waals surface area contributed by atoms with Crippen LogP contribution >= 0.6 is 0 Å². The summed E-state index contributed by atoms with van der Waals surface area (Å²) >= 11 is 0. The fraction of sp³-hybridized carbons (Fsp3) is 0.278. The summed E-state index contributed by atoms with van der Waals surface area (Å²) in [4.78, 5) is 52.7. The largest absolute Gasteiger partial charge is 0.494 e. The molecule has 8 aromatic carbocycles. The van der Waals surface area contributed by atoms with E-state index in [2.05, 4.69) is 21.3 Å². The maximum absolute atomic E-state index is 13.6. The minimum Gasteiger partial charge on any atom is -0.494 e. The lowest BCUT2D eigenvalue weighted by Gasteiger charge is -2.35. The van der Waals surface area contributed by atoms with Crippen LogP contribution in [0.2, 0.25) is 0 Å². The molecule has 0 bridgehead atoms. The molecule has 0 aliphatic carbocycles. The van der Waals surface area contributed by atoms with Crippen molar-refractivity contribution in [2.75, 3.05) is 92.2 Å². The van der Waals surface area contributed by atoms with Gasteiger partial charge >= 0.3 is 0 Å². The average Bonchev–Trinajstić information content (AvgIpc) is 1.14. The zero-order valence-electron chi connectivity index (χ0n) is 49.2. The molecule has 0 aliphatic rings. The molecule has 4 amide bonds. The Morgan fingerprint density at radius 2 is 0.494 bits per heavy atom. The summed E-state index contributed by atoms with van der Waals surface area (Å²) in [5, 5.41) is 11.5. The van der Waals surface area contributed by atoms with Gasteiger partial charge in [0.05, 0.1) is 76.8 Å². The van der Waals surface area contributed by atoms with Crippen molar-refractivity contribution in [2.45, 2.75) is 36.5 Å². The highest BCUT2D eigenvalue weighted by atomic mass is 16.6. The van der Waals surface area contributed by atoms with Crippen LogP contribution in [0.3, 0.4) is 0 Å². The Morgan fingerprint density at radius 3 is 0.747 bits per heavy atom. The van der Waals surface area contributed by atoms with Crippen LogP contribution in [0.1, 0.15) is 59.1 Å². The first kappa shape index (κ1) is 63.7. The van der Waals surface area contributed by atoms with Crippen molar-refractivity contribution in [3.63, 3.8) is 0 Å². The Kier molecular flexibility index (Phi) is 25.8. The third kappa shape index (κ3) is 19.9. The van der Waals surface area contributed by atoms with Gasteiger partial charge in [0, 0.05) is 25.9 Å². The van der Waals surface area contributed by atoms with E-state index >= 15 is 0 Å². The molecular formula is C72H78N4O11. The van der Waals surface area contributed by atoms with Crippen molar-refractivity contribution < 1.29 is 52.3 Å². The Morgan fingerprint density at radius 1 is 0.264 bits per heavy atom. The molecule has 0 saturated carbocycles. The summed E-state index contributed by atoms with van der Waals surface area (Å²) in [5.41, 5.74) is 4.46. The van der Waals surface area contributed by atoms with Crippen LogP contribution in [-0.4, -0.2) is 116 Å². The van der Waals surface area contributed by atoms with Gasteiger partial charge in [-0.2, -0.15) is 0 Å². The van der Waals surface area contributed by atoms with E-state index in [1.54, 1.807) is 0 Å². The second-order valence-electron chi connectivity index (χ2n) is 20.5. The number of carbonyl (C=O) groups excluding carboxylic acids is 4. The number of rotatable bonds is 38. The maximum atomic E-state index is 13.6. The molecule has 0 saturated heterocycles. The first-order valence-corrected chi connectivity index (χ1v) is 29.7.